The molecule has 72 heavy (non-hydrogen) atoms. The lowest BCUT2D eigenvalue weighted by Gasteiger charge is -2.29. The highest BCUT2D eigenvalue weighted by atomic mass is 35.5. The number of alkyl halides is 3. The Balaban J connectivity index is 0.000000218. The van der Waals surface area contributed by atoms with Gasteiger partial charge in [0.25, 0.3) is 11.8 Å². The van der Waals surface area contributed by atoms with Gasteiger partial charge in [0.05, 0.1) is 30.7 Å². The number of amides is 3. The molecule has 0 radical (unpaired) electrons. The average Bonchev–Trinajstić information content (AvgIpc) is 4.11. The van der Waals surface area contributed by atoms with Gasteiger partial charge in [0.1, 0.15) is 53.5 Å². The van der Waals surface area contributed by atoms with Crippen LogP contribution < -0.4 is 25.1 Å². The molecule has 3 aliphatic heterocycles. The molecule has 3 amide bonds. The second kappa shape index (κ2) is 26.4. The zero-order valence-electron chi connectivity index (χ0n) is 41.4. The number of carboxylic acid groups (broad SMARTS) is 1. The van der Waals surface area contributed by atoms with Crippen LogP contribution in [0.3, 0.4) is 0 Å². The van der Waals surface area contributed by atoms with Crippen molar-refractivity contribution in [2.45, 2.75) is 97.0 Å². The van der Waals surface area contributed by atoms with Crippen LogP contribution in [0, 0.1) is 30.5 Å². The van der Waals surface area contributed by atoms with Crippen molar-refractivity contribution in [1.82, 2.24) is 13.8 Å². The number of hydrogen-bond donors (Lipinski definition) is 3. The third-order valence-corrected chi connectivity index (χ3v) is 13.6. The van der Waals surface area contributed by atoms with Crippen molar-refractivity contribution in [1.29, 1.82) is 0 Å². The summed E-state index contributed by atoms with van der Waals surface area (Å²) < 4.78 is 53.4. The van der Waals surface area contributed by atoms with Crippen LogP contribution in [0.2, 0.25) is 0 Å². The van der Waals surface area contributed by atoms with Crippen LogP contribution >= 0.6 is 53.7 Å². The Morgan fingerprint density at radius 2 is 1.89 bits per heavy atom. The third kappa shape index (κ3) is 16.3. The number of anilines is 2. The summed E-state index contributed by atoms with van der Waals surface area (Å²) in [7, 11) is -3.10. The Labute approximate surface area is 437 Å². The predicted octanol–water partition coefficient (Wildman–Crippen LogP) is 7.79. The average molecular weight is 1100 g/mol. The summed E-state index contributed by atoms with van der Waals surface area (Å²) in [6.07, 6.45) is 8.38. The largest absolute Gasteiger partial charge is 0.481 e. The monoisotopic (exact) mass is 1100 g/mol. The van der Waals surface area contributed by atoms with Gasteiger partial charge in [-0.05, 0) is 75.3 Å². The maximum atomic E-state index is 14.5. The van der Waals surface area contributed by atoms with Gasteiger partial charge in [0, 0.05) is 50.0 Å². The Morgan fingerprint density at radius 3 is 2.47 bits per heavy atom. The van der Waals surface area contributed by atoms with Gasteiger partial charge in [-0.15, -0.1) is 18.0 Å². The van der Waals surface area contributed by atoms with Crippen molar-refractivity contribution in [3.8, 4) is 18.1 Å². The van der Waals surface area contributed by atoms with Crippen molar-refractivity contribution < 1.29 is 56.8 Å². The molecule has 24 heteroatoms. The summed E-state index contributed by atoms with van der Waals surface area (Å²) in [6, 6.07) is 11.3. The van der Waals surface area contributed by atoms with E-state index >= 15 is 0 Å². The number of aromatic nitrogens is 2. The van der Waals surface area contributed by atoms with Crippen LogP contribution in [0.5, 0.6) is 5.75 Å². The number of nitrogens with zero attached hydrogens (tertiary/aromatic N) is 6. The number of halogens is 4. The molecule has 3 aliphatic rings. The molecule has 0 bridgehead atoms. The first-order chi connectivity index (χ1) is 33.8. The van der Waals surface area contributed by atoms with Crippen LogP contribution in [0.1, 0.15) is 76.8 Å². The van der Waals surface area contributed by atoms with Crippen LogP contribution in [-0.2, 0) is 52.6 Å². The molecule has 0 spiro atoms. The fourth-order valence-electron chi connectivity index (χ4n) is 7.59. The van der Waals surface area contributed by atoms with E-state index in [1.165, 1.54) is 40.1 Å². The van der Waals surface area contributed by atoms with Crippen molar-refractivity contribution in [3.63, 3.8) is 0 Å². The van der Waals surface area contributed by atoms with E-state index in [0.29, 0.717) is 35.2 Å². The topological polar surface area (TPSA) is 233 Å². The van der Waals surface area contributed by atoms with Gasteiger partial charge in [-0.3, -0.25) is 33.5 Å². The van der Waals surface area contributed by atoms with E-state index in [2.05, 4.69) is 36.1 Å². The number of aliphatic carboxylic acids is 1. The second-order valence-electron chi connectivity index (χ2n) is 18.0. The molecule has 0 aliphatic carbocycles. The molecule has 3 unspecified atom stereocenters. The zero-order chi connectivity index (χ0) is 53.7. The minimum atomic E-state index is -3.10. The standard InChI is InChI=1S/C18H17FN4O2S.C14H20ClNO2.C11H13Cl2NO3.C5H12NO4P/c1-4-5-22-13-7-12(11(19)6-14(13)25-9-16(22)24)20-17-23-10-18(2,3)8-15(23)21-26-17;1-4-12-8-6-7-11(3)14(12)16(10-18-5-2)13(17)9-15;1-11(2)14(10(15)9(12)13)6-8(17-11)7-4-3-5-16-7;1-11(9,10)3-2-4(6)5(7)8/h1,6-7H,5,8-10H2,2-3H3;6-8H,4-5,9-10H2,1-3H3;3-5,8-9H,6H2,1-2H3;4H,2-3,6H2,1H3,(H,7,8)(H,9,10). The summed E-state index contributed by atoms with van der Waals surface area (Å²) in [5, 5.41) is 8.28. The van der Waals surface area contributed by atoms with E-state index in [0.717, 1.165) is 42.0 Å². The number of carboxylic acids is 1. The maximum Gasteiger partial charge on any atom is 0.320 e. The number of para-hydroxylation sites is 1. The molecular formula is C48H62Cl3FN7O11PS. The maximum absolute atomic E-state index is 14.5. The van der Waals surface area contributed by atoms with E-state index in [-0.39, 0.29) is 73.3 Å². The van der Waals surface area contributed by atoms with Crippen LogP contribution in [-0.4, -0.2) is 116 Å². The molecule has 18 nitrogen and oxygen atoms in total. The van der Waals surface area contributed by atoms with Gasteiger partial charge < -0.3 is 43.8 Å². The van der Waals surface area contributed by atoms with Gasteiger partial charge in [-0.2, -0.15) is 4.37 Å². The van der Waals surface area contributed by atoms with Gasteiger partial charge in [-0.25, -0.2) is 9.38 Å². The molecule has 394 valence electrons. The van der Waals surface area contributed by atoms with Gasteiger partial charge in [0.2, 0.25) is 10.7 Å². The van der Waals surface area contributed by atoms with E-state index in [1.807, 2.05) is 42.7 Å². The summed E-state index contributed by atoms with van der Waals surface area (Å²) >= 11 is 18.1. The number of rotatable bonds is 14. The van der Waals surface area contributed by atoms with Crippen molar-refractivity contribution >= 4 is 94.5 Å². The van der Waals surface area contributed by atoms with Gasteiger partial charge in [-0.1, -0.05) is 68.1 Å². The number of nitrogens with two attached hydrogens (primary N) is 1. The van der Waals surface area contributed by atoms with Crippen molar-refractivity contribution in [3.05, 3.63) is 82.1 Å². The van der Waals surface area contributed by atoms with Crippen LogP contribution in [0.4, 0.5) is 21.5 Å². The number of furan rings is 1. The first-order valence-corrected chi connectivity index (χ1v) is 27.2. The number of carbonyl (C=O) groups is 4. The molecule has 0 saturated carbocycles. The number of ether oxygens (including phenoxy) is 3. The first-order valence-electron chi connectivity index (χ1n) is 22.7. The highest BCUT2D eigenvalue weighted by molar-refractivity contribution is 7.57. The number of fused-ring (bicyclic) bond motifs is 2. The number of carbonyl (C=O) groups excluding carboxylic acids is 3. The summed E-state index contributed by atoms with van der Waals surface area (Å²) in [5.74, 6) is 1.95. The van der Waals surface area contributed by atoms with E-state index in [4.69, 9.17) is 75.6 Å². The van der Waals surface area contributed by atoms with E-state index in [9.17, 15) is 28.1 Å². The number of aryl methyl sites for hydroxylation is 2. The quantitative estimate of drug-likeness (QED) is 0.0474. The number of terminal acetylenes is 1. The molecule has 4 aromatic rings. The minimum absolute atomic E-state index is 0.0371. The lowest BCUT2D eigenvalue weighted by Crippen LogP contribution is -2.45. The molecule has 2 aromatic heterocycles. The molecule has 3 atom stereocenters. The smallest absolute Gasteiger partial charge is 0.320 e. The number of benzene rings is 2. The molecule has 4 N–H and O–H groups in total. The van der Waals surface area contributed by atoms with Crippen molar-refractivity contribution in [2.75, 3.05) is 61.5 Å². The summed E-state index contributed by atoms with van der Waals surface area (Å²) in [5.41, 5.74) is 8.16. The molecule has 7 rings (SSSR count). The van der Waals surface area contributed by atoms with Crippen molar-refractivity contribution in [2.24, 2.45) is 16.1 Å². The van der Waals surface area contributed by atoms with Gasteiger partial charge in [0.15, 0.2) is 24.6 Å². The molecular weight excluding hydrogens is 1040 g/mol. The Hall–Kier alpha value is -4.81. The Morgan fingerprint density at radius 1 is 1.18 bits per heavy atom. The normalized spacial score (nSPS) is 17.6. The van der Waals surface area contributed by atoms with E-state index in [1.54, 1.807) is 31.1 Å². The fraction of sp³-hybridized carbons (Fsp3) is 0.500. The summed E-state index contributed by atoms with van der Waals surface area (Å²) in [6.45, 7) is 17.0. The Bertz CT molecular complexity index is 2690. The lowest BCUT2D eigenvalue weighted by atomic mass is 9.92. The SMILES string of the molecule is C#CCN1C(=O)COc2cc(F)c(N=c3snc4n3CC(C)(C)C4)cc21.CC1(C)OC(c2ccco2)CN1C(=O)C(Cl)Cl.CCOCN(C(=O)CCl)c1c(C)cccc1CC.CP(=O)(O)CCC(N)C(=O)O. The van der Waals surface area contributed by atoms with E-state index < -0.39 is 35.8 Å². The lowest BCUT2D eigenvalue weighted by molar-refractivity contribution is -0.144. The summed E-state index contributed by atoms with van der Waals surface area (Å²) in [4.78, 5) is 63.3. The van der Waals surface area contributed by atoms with Crippen LogP contribution in [0.25, 0.3) is 0 Å². The molecule has 1 saturated heterocycles. The highest BCUT2D eigenvalue weighted by Gasteiger charge is 2.45. The molecule has 5 heterocycles. The predicted molar refractivity (Wildman–Crippen MR) is 276 cm³/mol. The van der Waals surface area contributed by atoms with Crippen LogP contribution in [0.15, 0.2) is 58.1 Å². The second-order valence-corrected chi connectivity index (χ2v) is 22.6. The van der Waals surface area contributed by atoms with Gasteiger partial charge >= 0.3 is 5.97 Å². The first kappa shape index (κ1) is 59.8. The Kier molecular flexibility index (Phi) is 21.9. The minimum Gasteiger partial charge on any atom is -0.481 e. The fourth-order valence-corrected chi connectivity index (χ4v) is 9.48. The molecule has 2 aromatic carbocycles. The molecule has 1 fully saturated rings. The third-order valence-electron chi connectivity index (χ3n) is 11.2. The number of hydrogen-bond acceptors (Lipinski definition) is 13. The zero-order valence-corrected chi connectivity index (χ0v) is 45.4. The highest BCUT2D eigenvalue weighted by Crippen LogP contribution is 2.39.